The van der Waals surface area contributed by atoms with Crippen molar-refractivity contribution in [2.45, 2.75) is 33.7 Å². The number of nitro benzene ring substituents is 1. The van der Waals surface area contributed by atoms with Crippen molar-refractivity contribution < 1.29 is 4.92 Å². The molecule has 0 spiro atoms. The maximum Gasteiger partial charge on any atom is 0.269 e. The second-order valence-corrected chi connectivity index (χ2v) is 6.68. The molecule has 7 nitrogen and oxygen atoms in total. The molecule has 1 aliphatic rings. The number of nitro groups is 1. The monoisotopic (exact) mass is 489 g/mol. The highest BCUT2D eigenvalue weighted by molar-refractivity contribution is 14.0. The molecule has 1 aromatic rings. The normalized spacial score (nSPS) is 17.1. The number of benzene rings is 1. The van der Waals surface area contributed by atoms with E-state index in [1.165, 1.54) is 12.5 Å². The van der Waals surface area contributed by atoms with Gasteiger partial charge in [-0.1, -0.05) is 26.0 Å². The quantitative estimate of drug-likeness (QED) is 0.199. The molecule has 0 saturated carbocycles. The van der Waals surface area contributed by atoms with Crippen LogP contribution in [0.15, 0.2) is 29.3 Å². The van der Waals surface area contributed by atoms with Crippen LogP contribution in [-0.2, 0) is 6.54 Å². The molecule has 0 bridgehead atoms. The largest absolute Gasteiger partial charge is 0.357 e. The fourth-order valence-electron chi connectivity index (χ4n) is 3.38. The van der Waals surface area contributed by atoms with Gasteiger partial charge >= 0.3 is 0 Å². The predicted molar refractivity (Wildman–Crippen MR) is 121 cm³/mol. The Hall–Kier alpha value is -1.42. The lowest BCUT2D eigenvalue weighted by atomic mass is 10.1. The van der Waals surface area contributed by atoms with Gasteiger partial charge in [-0.3, -0.25) is 10.1 Å². The number of hydrogen-bond donors (Lipinski definition) is 1. The van der Waals surface area contributed by atoms with Crippen molar-refractivity contribution in [3.05, 3.63) is 39.9 Å². The van der Waals surface area contributed by atoms with Crippen LogP contribution in [-0.4, -0.2) is 60.0 Å². The van der Waals surface area contributed by atoms with E-state index < -0.39 is 0 Å². The van der Waals surface area contributed by atoms with Gasteiger partial charge < -0.3 is 15.1 Å². The highest BCUT2D eigenvalue weighted by Gasteiger charge is 2.25. The molecule has 1 aliphatic heterocycles. The van der Waals surface area contributed by atoms with Crippen molar-refractivity contribution in [3.8, 4) is 0 Å². The molecule has 8 heteroatoms. The second kappa shape index (κ2) is 12.1. The Bertz CT molecular complexity index is 622. The first-order chi connectivity index (χ1) is 12.6. The third-order valence-electron chi connectivity index (χ3n) is 4.86. The summed E-state index contributed by atoms with van der Waals surface area (Å²) in [6.45, 7) is 13.1. The molecule has 27 heavy (non-hydrogen) atoms. The summed E-state index contributed by atoms with van der Waals surface area (Å²) in [5.74, 6) is 1.57. The van der Waals surface area contributed by atoms with Crippen molar-refractivity contribution in [2.24, 2.45) is 10.9 Å². The predicted octanol–water partition coefficient (Wildman–Crippen LogP) is 3.34. The van der Waals surface area contributed by atoms with Gasteiger partial charge in [0.1, 0.15) is 0 Å². The van der Waals surface area contributed by atoms with Gasteiger partial charge in [0.15, 0.2) is 5.96 Å². The van der Waals surface area contributed by atoms with Gasteiger partial charge in [0, 0.05) is 38.3 Å². The number of aliphatic imine (C=N–C) groups is 1. The number of hydrogen-bond acceptors (Lipinski definition) is 4. The minimum Gasteiger partial charge on any atom is -0.357 e. The van der Waals surface area contributed by atoms with Crippen molar-refractivity contribution >= 4 is 35.6 Å². The molecule has 0 amide bonds. The number of nitrogens with zero attached hydrogens (tertiary/aromatic N) is 4. The number of halogens is 1. The molecule has 1 fully saturated rings. The Kier molecular flexibility index (Phi) is 10.6. The third-order valence-corrected chi connectivity index (χ3v) is 4.86. The lowest BCUT2D eigenvalue weighted by Crippen LogP contribution is -2.40. The SMILES string of the molecule is CCNC(=NCc1cccc([N+](=O)[O-])c1)N1CCC(CN(CC)CC)C1.I. The van der Waals surface area contributed by atoms with Gasteiger partial charge in [0.2, 0.25) is 0 Å². The zero-order valence-corrected chi connectivity index (χ0v) is 18.9. The highest BCUT2D eigenvalue weighted by Crippen LogP contribution is 2.18. The fraction of sp³-hybridized carbons (Fsp3) is 0.632. The van der Waals surface area contributed by atoms with Crippen molar-refractivity contribution in [1.29, 1.82) is 0 Å². The van der Waals surface area contributed by atoms with E-state index in [4.69, 9.17) is 4.99 Å². The molecule has 2 rings (SSSR count). The maximum absolute atomic E-state index is 10.9. The minimum absolute atomic E-state index is 0. The number of likely N-dealkylation sites (tertiary alicyclic amines) is 1. The van der Waals surface area contributed by atoms with Gasteiger partial charge in [0.05, 0.1) is 11.5 Å². The van der Waals surface area contributed by atoms with Gasteiger partial charge in [-0.25, -0.2) is 4.99 Å². The number of nitrogens with one attached hydrogen (secondary N) is 1. The third kappa shape index (κ3) is 7.25. The Morgan fingerprint density at radius 3 is 2.74 bits per heavy atom. The van der Waals surface area contributed by atoms with Crippen LogP contribution < -0.4 is 5.32 Å². The van der Waals surface area contributed by atoms with Crippen molar-refractivity contribution in [3.63, 3.8) is 0 Å². The molecule has 0 radical (unpaired) electrons. The van der Waals surface area contributed by atoms with Crippen LogP contribution in [0.4, 0.5) is 5.69 Å². The summed E-state index contributed by atoms with van der Waals surface area (Å²) in [6, 6.07) is 6.70. The van der Waals surface area contributed by atoms with E-state index >= 15 is 0 Å². The van der Waals surface area contributed by atoms with Crippen LogP contribution in [0, 0.1) is 16.0 Å². The maximum atomic E-state index is 10.9. The van der Waals surface area contributed by atoms with E-state index in [1.54, 1.807) is 12.1 Å². The standard InChI is InChI=1S/C19H31N5O2.HI/c1-4-20-19(21-13-16-8-7-9-18(12-16)24(25)26)23-11-10-17(15-23)14-22(5-2)6-3;/h7-9,12,17H,4-6,10-11,13-15H2,1-3H3,(H,20,21);1H. The molecule has 1 saturated heterocycles. The Morgan fingerprint density at radius 2 is 2.11 bits per heavy atom. The van der Waals surface area contributed by atoms with Crippen LogP contribution in [0.3, 0.4) is 0 Å². The van der Waals surface area contributed by atoms with Crippen LogP contribution in [0.1, 0.15) is 32.8 Å². The first-order valence-electron chi connectivity index (χ1n) is 9.56. The van der Waals surface area contributed by atoms with Crippen molar-refractivity contribution in [1.82, 2.24) is 15.1 Å². The summed E-state index contributed by atoms with van der Waals surface area (Å²) in [7, 11) is 0. The Balaban J connectivity index is 0.00000364. The second-order valence-electron chi connectivity index (χ2n) is 6.68. The molecule has 1 aromatic carbocycles. The summed E-state index contributed by atoms with van der Waals surface area (Å²) in [6.07, 6.45) is 1.18. The number of rotatable bonds is 8. The smallest absolute Gasteiger partial charge is 0.269 e. The Labute approximate surface area is 179 Å². The van der Waals surface area contributed by atoms with Gasteiger partial charge in [-0.05, 0) is 37.9 Å². The lowest BCUT2D eigenvalue weighted by molar-refractivity contribution is -0.384. The Morgan fingerprint density at radius 1 is 1.37 bits per heavy atom. The molecule has 152 valence electrons. The van der Waals surface area contributed by atoms with E-state index in [-0.39, 0.29) is 34.6 Å². The van der Waals surface area contributed by atoms with E-state index in [9.17, 15) is 10.1 Å². The van der Waals surface area contributed by atoms with Crippen LogP contribution in [0.25, 0.3) is 0 Å². The average molecular weight is 489 g/mol. The molecule has 0 aromatic heterocycles. The first-order valence-corrected chi connectivity index (χ1v) is 9.56. The molecule has 1 unspecified atom stereocenters. The summed E-state index contributed by atoms with van der Waals surface area (Å²) in [5, 5.41) is 14.3. The topological polar surface area (TPSA) is 74.0 Å². The summed E-state index contributed by atoms with van der Waals surface area (Å²) in [5.41, 5.74) is 0.969. The molecule has 1 atom stereocenters. The molecule has 1 heterocycles. The molecule has 1 N–H and O–H groups in total. The first kappa shape index (κ1) is 23.6. The fourth-order valence-corrected chi connectivity index (χ4v) is 3.38. The van der Waals surface area contributed by atoms with E-state index in [0.717, 1.165) is 50.8 Å². The van der Waals surface area contributed by atoms with E-state index in [1.807, 2.05) is 6.07 Å². The van der Waals surface area contributed by atoms with Gasteiger partial charge in [-0.15, -0.1) is 24.0 Å². The zero-order valence-electron chi connectivity index (χ0n) is 16.6. The zero-order chi connectivity index (χ0) is 18.9. The molecular weight excluding hydrogens is 457 g/mol. The van der Waals surface area contributed by atoms with E-state index in [0.29, 0.717) is 12.5 Å². The molecule has 0 aliphatic carbocycles. The highest BCUT2D eigenvalue weighted by atomic mass is 127. The minimum atomic E-state index is -0.364. The van der Waals surface area contributed by atoms with E-state index in [2.05, 4.69) is 35.9 Å². The molecular formula is C19H32IN5O2. The number of non-ortho nitro benzene ring substituents is 1. The summed E-state index contributed by atoms with van der Waals surface area (Å²) < 4.78 is 0. The number of guanidine groups is 1. The van der Waals surface area contributed by atoms with Crippen molar-refractivity contribution in [2.75, 3.05) is 39.3 Å². The van der Waals surface area contributed by atoms with Crippen LogP contribution >= 0.6 is 24.0 Å². The van der Waals surface area contributed by atoms with Gasteiger partial charge in [-0.2, -0.15) is 0 Å². The summed E-state index contributed by atoms with van der Waals surface area (Å²) in [4.78, 5) is 20.1. The summed E-state index contributed by atoms with van der Waals surface area (Å²) >= 11 is 0. The van der Waals surface area contributed by atoms with Crippen LogP contribution in [0.2, 0.25) is 0 Å². The van der Waals surface area contributed by atoms with Gasteiger partial charge in [0.25, 0.3) is 5.69 Å². The van der Waals surface area contributed by atoms with Crippen LogP contribution in [0.5, 0.6) is 0 Å². The average Bonchev–Trinajstić information content (AvgIpc) is 3.11. The lowest BCUT2D eigenvalue weighted by Gasteiger charge is -2.24.